The summed E-state index contributed by atoms with van der Waals surface area (Å²) >= 11 is 0. The molecular weight excluding hydrogens is 474 g/mol. The van der Waals surface area contributed by atoms with Crippen molar-refractivity contribution < 1.29 is 29.2 Å². The Morgan fingerprint density at radius 1 is 0.919 bits per heavy atom. The first-order chi connectivity index (χ1) is 17.9. The summed E-state index contributed by atoms with van der Waals surface area (Å²) in [7, 11) is 3.10. The third-order valence-electron chi connectivity index (χ3n) is 8.58. The first kappa shape index (κ1) is 21.6. The van der Waals surface area contributed by atoms with Crippen molar-refractivity contribution in [3.63, 3.8) is 0 Å². The van der Waals surface area contributed by atoms with Crippen molar-refractivity contribution in [3.8, 4) is 0 Å². The lowest BCUT2D eigenvalue weighted by molar-refractivity contribution is -0.314. The summed E-state index contributed by atoms with van der Waals surface area (Å²) in [5.41, 5.74) is 3.45. The van der Waals surface area contributed by atoms with E-state index in [1.165, 1.54) is 7.11 Å². The summed E-state index contributed by atoms with van der Waals surface area (Å²) in [5.74, 6) is -0.210. The molecule has 0 unspecified atom stereocenters. The van der Waals surface area contributed by atoms with E-state index in [0.717, 1.165) is 49.2 Å². The van der Waals surface area contributed by atoms with Crippen LogP contribution >= 0.6 is 0 Å². The van der Waals surface area contributed by atoms with Crippen molar-refractivity contribution in [2.75, 3.05) is 14.2 Å². The fourth-order valence-corrected chi connectivity index (χ4v) is 7.20. The van der Waals surface area contributed by atoms with E-state index in [1.54, 1.807) is 7.11 Å². The molecule has 9 heteroatoms. The number of hydrogen-bond acceptors (Lipinski definition) is 6. The van der Waals surface area contributed by atoms with Crippen molar-refractivity contribution in [3.05, 3.63) is 59.7 Å². The van der Waals surface area contributed by atoms with Gasteiger partial charge in [-0.2, -0.15) is 0 Å². The maximum atomic E-state index is 13.6. The second-order valence-corrected chi connectivity index (χ2v) is 10.3. The normalized spacial score (nSPS) is 30.5. The van der Waals surface area contributed by atoms with Crippen LogP contribution in [0.5, 0.6) is 0 Å². The van der Waals surface area contributed by atoms with Gasteiger partial charge in [0.2, 0.25) is 0 Å². The van der Waals surface area contributed by atoms with Crippen LogP contribution in [0.15, 0.2) is 48.5 Å². The van der Waals surface area contributed by atoms with Gasteiger partial charge < -0.3 is 38.9 Å². The molecule has 0 saturated carbocycles. The molecule has 1 amide bonds. The van der Waals surface area contributed by atoms with E-state index in [4.69, 9.17) is 14.2 Å². The van der Waals surface area contributed by atoms with Crippen molar-refractivity contribution in [2.45, 2.75) is 43.4 Å². The zero-order valence-corrected chi connectivity index (χ0v) is 20.4. The van der Waals surface area contributed by atoms with Gasteiger partial charge >= 0.3 is 0 Å². The molecule has 8 rings (SSSR count). The Hall–Kier alpha value is -3.47. The summed E-state index contributed by atoms with van der Waals surface area (Å²) in [6.07, 6.45) is -4.90. The second-order valence-electron chi connectivity index (χ2n) is 10.3. The second kappa shape index (κ2) is 6.89. The fourth-order valence-electron chi connectivity index (χ4n) is 7.20. The van der Waals surface area contributed by atoms with Gasteiger partial charge in [0.1, 0.15) is 18.3 Å². The summed E-state index contributed by atoms with van der Waals surface area (Å²) in [5, 5.41) is 29.2. The standard InChI is InChI=1S/C28H25N3O6/c1-28-24(35-2)22(32)23(33)27(37-28)30-14-10-6-4-8-12(14)16-18-19(26(36-3)29-25(18)34)17-13-9-5-7-11-15(13)31(28)21(17)20(16)30/h4-11,22-24,26-27,32-33H,1-3H3,(H,29,34)/t22-,23+,24+,26-,27+,28-/m0/s1. The lowest BCUT2D eigenvalue weighted by Gasteiger charge is -2.48. The molecule has 2 bridgehead atoms. The van der Waals surface area contributed by atoms with E-state index in [0.29, 0.717) is 5.56 Å². The molecule has 1 fully saturated rings. The topological polar surface area (TPSA) is 107 Å². The molecule has 0 spiro atoms. The predicted octanol–water partition coefficient (Wildman–Crippen LogP) is 3.24. The minimum atomic E-state index is -1.27. The minimum Gasteiger partial charge on any atom is -0.387 e. The number of aliphatic hydroxyl groups excluding tert-OH is 2. The average molecular weight is 500 g/mol. The van der Waals surface area contributed by atoms with Gasteiger partial charge in [0.05, 0.1) is 27.6 Å². The number of aromatic nitrogens is 2. The van der Waals surface area contributed by atoms with E-state index >= 15 is 0 Å². The number of fused-ring (bicyclic) bond motifs is 13. The van der Waals surface area contributed by atoms with Gasteiger partial charge in [-0.05, 0) is 19.1 Å². The molecular formula is C28H25N3O6. The Bertz CT molecular complexity index is 1820. The molecule has 3 aliphatic rings. The molecule has 3 N–H and O–H groups in total. The molecule has 5 heterocycles. The first-order valence-electron chi connectivity index (χ1n) is 12.3. The Balaban J connectivity index is 1.75. The number of nitrogens with one attached hydrogen (secondary N) is 1. The average Bonchev–Trinajstić information content (AvgIpc) is 3.51. The lowest BCUT2D eigenvalue weighted by Crippen LogP contribution is -2.62. The van der Waals surface area contributed by atoms with Gasteiger partial charge in [0.15, 0.2) is 18.2 Å². The van der Waals surface area contributed by atoms with Crippen LogP contribution in [0, 0.1) is 0 Å². The molecule has 9 nitrogen and oxygen atoms in total. The maximum Gasteiger partial charge on any atom is 0.254 e. The van der Waals surface area contributed by atoms with Gasteiger partial charge in [-0.3, -0.25) is 4.79 Å². The van der Waals surface area contributed by atoms with E-state index in [1.807, 2.05) is 60.0 Å². The van der Waals surface area contributed by atoms with E-state index < -0.39 is 36.5 Å². The SMILES string of the molecule is CO[C@@H]1[C@@H](O)[C@@H](O)[C@H]2O[C@]1(C)n1c3ccccc3c3c4c(c5c6ccccc6n2c5c31)C(=O)N[C@H]4OC. The van der Waals surface area contributed by atoms with Crippen LogP contribution in [0.4, 0.5) is 0 Å². The molecule has 6 atom stereocenters. The number of carbonyl (C=O) groups is 1. The number of benzene rings is 3. The quantitative estimate of drug-likeness (QED) is 0.344. The highest BCUT2D eigenvalue weighted by molar-refractivity contribution is 6.31. The van der Waals surface area contributed by atoms with Crippen LogP contribution < -0.4 is 5.32 Å². The van der Waals surface area contributed by atoms with Crippen LogP contribution in [-0.2, 0) is 19.9 Å². The van der Waals surface area contributed by atoms with Crippen LogP contribution in [-0.4, -0.2) is 57.8 Å². The summed E-state index contributed by atoms with van der Waals surface area (Å²) in [6.45, 7) is 1.89. The van der Waals surface area contributed by atoms with Crippen molar-refractivity contribution in [1.82, 2.24) is 14.5 Å². The molecule has 3 aliphatic heterocycles. The van der Waals surface area contributed by atoms with Crippen LogP contribution in [0.2, 0.25) is 0 Å². The minimum absolute atomic E-state index is 0.210. The monoisotopic (exact) mass is 499 g/mol. The predicted molar refractivity (Wildman–Crippen MR) is 136 cm³/mol. The smallest absolute Gasteiger partial charge is 0.254 e. The van der Waals surface area contributed by atoms with Gasteiger partial charge in [-0.15, -0.1) is 0 Å². The van der Waals surface area contributed by atoms with Crippen LogP contribution in [0.25, 0.3) is 43.6 Å². The lowest BCUT2D eigenvalue weighted by atomic mass is 9.93. The Labute approximate surface area is 210 Å². The molecule has 188 valence electrons. The number of nitrogens with zero attached hydrogens (tertiary/aromatic N) is 2. The Morgan fingerprint density at radius 3 is 2.30 bits per heavy atom. The highest BCUT2D eigenvalue weighted by Gasteiger charge is 2.57. The molecule has 37 heavy (non-hydrogen) atoms. The largest absolute Gasteiger partial charge is 0.387 e. The van der Waals surface area contributed by atoms with Crippen molar-refractivity contribution in [1.29, 1.82) is 0 Å². The molecule has 2 aromatic heterocycles. The first-order valence-corrected chi connectivity index (χ1v) is 12.3. The number of rotatable bonds is 2. The summed E-state index contributed by atoms with van der Waals surface area (Å²) in [4.78, 5) is 13.6. The highest BCUT2D eigenvalue weighted by atomic mass is 16.6. The van der Waals surface area contributed by atoms with Gasteiger partial charge in [-0.25, -0.2) is 0 Å². The molecule has 3 aromatic carbocycles. The third kappa shape index (κ3) is 2.27. The van der Waals surface area contributed by atoms with Gasteiger partial charge in [0.25, 0.3) is 5.91 Å². The molecule has 5 aromatic rings. The summed E-state index contributed by atoms with van der Waals surface area (Å²) < 4.78 is 22.4. The Kier molecular flexibility index (Phi) is 4.02. The number of hydrogen-bond donors (Lipinski definition) is 3. The van der Waals surface area contributed by atoms with E-state index in [-0.39, 0.29) is 5.91 Å². The fraction of sp³-hybridized carbons (Fsp3) is 0.321. The number of carbonyl (C=O) groups excluding carboxylic acids is 1. The number of aliphatic hydroxyl groups is 2. The zero-order chi connectivity index (χ0) is 25.4. The van der Waals surface area contributed by atoms with Crippen molar-refractivity contribution >= 4 is 49.5 Å². The number of ether oxygens (including phenoxy) is 3. The summed E-state index contributed by atoms with van der Waals surface area (Å²) in [6, 6.07) is 15.7. The zero-order valence-electron chi connectivity index (χ0n) is 20.4. The van der Waals surface area contributed by atoms with Crippen molar-refractivity contribution in [2.24, 2.45) is 0 Å². The molecule has 0 aliphatic carbocycles. The molecule has 0 radical (unpaired) electrons. The highest BCUT2D eigenvalue weighted by Crippen LogP contribution is 2.54. The third-order valence-corrected chi connectivity index (χ3v) is 8.58. The number of para-hydroxylation sites is 2. The molecule has 1 saturated heterocycles. The number of methoxy groups -OCH3 is 2. The van der Waals surface area contributed by atoms with E-state index in [2.05, 4.69) is 9.88 Å². The van der Waals surface area contributed by atoms with Gasteiger partial charge in [0, 0.05) is 41.3 Å². The van der Waals surface area contributed by atoms with E-state index in [9.17, 15) is 15.0 Å². The van der Waals surface area contributed by atoms with Crippen LogP contribution in [0.1, 0.15) is 35.3 Å². The maximum absolute atomic E-state index is 13.6. The Morgan fingerprint density at radius 2 is 1.59 bits per heavy atom. The van der Waals surface area contributed by atoms with Gasteiger partial charge in [-0.1, -0.05) is 36.4 Å². The number of amides is 1. The van der Waals surface area contributed by atoms with Crippen LogP contribution in [0.3, 0.4) is 0 Å².